The number of aromatic nitrogens is 1. The average molecular weight is 501 g/mol. The molecule has 2 aromatic carbocycles. The van der Waals surface area contributed by atoms with Gasteiger partial charge in [-0.1, -0.05) is 18.2 Å². The number of pyridine rings is 1. The topological polar surface area (TPSA) is 102 Å². The molecular formula is C29H32N4O4. The first-order chi connectivity index (χ1) is 18.1. The maximum absolute atomic E-state index is 13.2. The smallest absolute Gasteiger partial charge is 0.251 e. The third-order valence-electron chi connectivity index (χ3n) is 6.75. The van der Waals surface area contributed by atoms with Gasteiger partial charge in [-0.25, -0.2) is 4.98 Å². The van der Waals surface area contributed by atoms with Gasteiger partial charge in [0.25, 0.3) is 5.91 Å². The van der Waals surface area contributed by atoms with E-state index in [0.29, 0.717) is 50.7 Å². The van der Waals surface area contributed by atoms with Crippen LogP contribution in [0.3, 0.4) is 0 Å². The SMILES string of the molecule is O=C(NC1CCOCC1)c1cc(Nc2ccccc2)cc(-c2ccnc(NC(=O)C3CCOCC3)c2)c1. The maximum atomic E-state index is 13.2. The monoisotopic (exact) mass is 500 g/mol. The summed E-state index contributed by atoms with van der Waals surface area (Å²) in [6.07, 6.45) is 4.71. The molecule has 192 valence electrons. The highest BCUT2D eigenvalue weighted by atomic mass is 16.5. The highest BCUT2D eigenvalue weighted by molar-refractivity contribution is 5.97. The zero-order chi connectivity index (χ0) is 25.5. The number of carbonyl (C=O) groups excluding carboxylic acids is 2. The lowest BCUT2D eigenvalue weighted by Crippen LogP contribution is -2.38. The summed E-state index contributed by atoms with van der Waals surface area (Å²) in [4.78, 5) is 30.3. The van der Waals surface area contributed by atoms with Crippen molar-refractivity contribution in [3.05, 3.63) is 72.4 Å². The van der Waals surface area contributed by atoms with E-state index >= 15 is 0 Å². The Hall–Kier alpha value is -3.75. The van der Waals surface area contributed by atoms with Crippen molar-refractivity contribution in [3.8, 4) is 11.1 Å². The van der Waals surface area contributed by atoms with Crippen LogP contribution >= 0.6 is 0 Å². The first kappa shape index (κ1) is 24.9. The summed E-state index contributed by atoms with van der Waals surface area (Å²) in [5, 5.41) is 9.51. The second-order valence-corrected chi connectivity index (χ2v) is 9.46. The van der Waals surface area contributed by atoms with Crippen LogP contribution in [0.5, 0.6) is 0 Å². The first-order valence-corrected chi connectivity index (χ1v) is 12.8. The van der Waals surface area contributed by atoms with Gasteiger partial charge in [0, 0.05) is 61.5 Å². The third-order valence-corrected chi connectivity index (χ3v) is 6.75. The van der Waals surface area contributed by atoms with E-state index in [2.05, 4.69) is 20.9 Å². The highest BCUT2D eigenvalue weighted by Crippen LogP contribution is 2.29. The summed E-state index contributed by atoms with van der Waals surface area (Å²) in [5.41, 5.74) is 3.99. The van der Waals surface area contributed by atoms with Crippen LogP contribution in [-0.4, -0.2) is 49.3 Å². The Labute approximate surface area is 216 Å². The summed E-state index contributed by atoms with van der Waals surface area (Å²) in [6, 6.07) is 19.4. The van der Waals surface area contributed by atoms with Gasteiger partial charge in [-0.2, -0.15) is 0 Å². The van der Waals surface area contributed by atoms with Crippen LogP contribution in [0.4, 0.5) is 17.2 Å². The minimum Gasteiger partial charge on any atom is -0.381 e. The zero-order valence-electron chi connectivity index (χ0n) is 20.7. The van der Waals surface area contributed by atoms with Crippen molar-refractivity contribution in [2.45, 2.75) is 31.7 Å². The first-order valence-electron chi connectivity index (χ1n) is 12.8. The molecular weight excluding hydrogens is 468 g/mol. The summed E-state index contributed by atoms with van der Waals surface area (Å²) in [5.74, 6) is 0.262. The van der Waals surface area contributed by atoms with Gasteiger partial charge < -0.3 is 25.4 Å². The lowest BCUT2D eigenvalue weighted by Gasteiger charge is -2.23. The molecule has 2 saturated heterocycles. The van der Waals surface area contributed by atoms with Crippen molar-refractivity contribution in [2.24, 2.45) is 5.92 Å². The lowest BCUT2D eigenvalue weighted by molar-refractivity contribution is -0.122. The van der Waals surface area contributed by atoms with Gasteiger partial charge in [0.1, 0.15) is 5.82 Å². The lowest BCUT2D eigenvalue weighted by atomic mass is 9.99. The van der Waals surface area contributed by atoms with Gasteiger partial charge >= 0.3 is 0 Å². The molecule has 0 saturated carbocycles. The number of para-hydroxylation sites is 1. The second-order valence-electron chi connectivity index (χ2n) is 9.46. The number of nitrogens with one attached hydrogen (secondary N) is 3. The van der Waals surface area contributed by atoms with E-state index in [4.69, 9.17) is 9.47 Å². The molecule has 3 heterocycles. The summed E-state index contributed by atoms with van der Waals surface area (Å²) >= 11 is 0. The predicted molar refractivity (Wildman–Crippen MR) is 143 cm³/mol. The molecule has 1 aromatic heterocycles. The highest BCUT2D eigenvalue weighted by Gasteiger charge is 2.22. The average Bonchev–Trinajstić information content (AvgIpc) is 2.94. The number of amides is 2. The number of carbonyl (C=O) groups is 2. The molecule has 2 aliphatic heterocycles. The van der Waals surface area contributed by atoms with Crippen LogP contribution in [0.25, 0.3) is 11.1 Å². The molecule has 8 heteroatoms. The zero-order valence-corrected chi connectivity index (χ0v) is 20.7. The number of rotatable bonds is 7. The molecule has 2 fully saturated rings. The summed E-state index contributed by atoms with van der Waals surface area (Å²) < 4.78 is 10.8. The number of benzene rings is 2. The molecule has 2 aliphatic rings. The van der Waals surface area contributed by atoms with Crippen LogP contribution in [0, 0.1) is 5.92 Å². The van der Waals surface area contributed by atoms with E-state index in [-0.39, 0.29) is 23.8 Å². The quantitative estimate of drug-likeness (QED) is 0.432. The molecule has 0 spiro atoms. The van der Waals surface area contributed by atoms with Gasteiger partial charge in [-0.05, 0) is 79.3 Å². The van der Waals surface area contributed by atoms with Crippen molar-refractivity contribution in [2.75, 3.05) is 37.1 Å². The van der Waals surface area contributed by atoms with E-state index in [1.807, 2.05) is 60.7 Å². The number of anilines is 3. The molecule has 2 amide bonds. The molecule has 0 atom stereocenters. The standard InChI is InChI=1S/C29H32N4O4/c34-28(20-7-12-36-13-8-20)33-27-19-21(6-11-30-27)22-16-23(29(35)32-25-9-14-37-15-10-25)18-26(17-22)31-24-4-2-1-3-5-24/h1-6,11,16-20,25,31H,7-10,12-15H2,(H,32,35)(H,30,33,34). The largest absolute Gasteiger partial charge is 0.381 e. The summed E-state index contributed by atoms with van der Waals surface area (Å²) in [7, 11) is 0. The fraction of sp³-hybridized carbons (Fsp3) is 0.345. The van der Waals surface area contributed by atoms with Crippen LogP contribution < -0.4 is 16.0 Å². The fourth-order valence-corrected chi connectivity index (χ4v) is 4.66. The third kappa shape index (κ3) is 6.72. The Kier molecular flexibility index (Phi) is 8.08. The van der Waals surface area contributed by atoms with Gasteiger partial charge in [0.05, 0.1) is 0 Å². The molecule has 3 N–H and O–H groups in total. The molecule has 0 unspecified atom stereocenters. The molecule has 0 radical (unpaired) electrons. The van der Waals surface area contributed by atoms with Crippen molar-refractivity contribution in [1.82, 2.24) is 10.3 Å². The van der Waals surface area contributed by atoms with Crippen LogP contribution in [0.1, 0.15) is 36.0 Å². The molecule has 3 aromatic rings. The normalized spacial score (nSPS) is 16.6. The number of hydrogen-bond donors (Lipinski definition) is 3. The van der Waals surface area contributed by atoms with E-state index < -0.39 is 0 Å². The Morgan fingerprint density at radius 2 is 1.51 bits per heavy atom. The molecule has 37 heavy (non-hydrogen) atoms. The predicted octanol–water partition coefficient (Wildman–Crippen LogP) is 4.77. The van der Waals surface area contributed by atoms with Crippen LogP contribution in [-0.2, 0) is 14.3 Å². The fourth-order valence-electron chi connectivity index (χ4n) is 4.66. The van der Waals surface area contributed by atoms with E-state index in [0.717, 1.165) is 35.3 Å². The second kappa shape index (κ2) is 12.0. The molecule has 8 nitrogen and oxygen atoms in total. The molecule has 0 aliphatic carbocycles. The maximum Gasteiger partial charge on any atom is 0.251 e. The number of nitrogens with zero attached hydrogens (tertiary/aromatic N) is 1. The van der Waals surface area contributed by atoms with Crippen LogP contribution in [0.2, 0.25) is 0 Å². The van der Waals surface area contributed by atoms with Gasteiger partial charge in [0.15, 0.2) is 0 Å². The van der Waals surface area contributed by atoms with Crippen molar-refractivity contribution in [3.63, 3.8) is 0 Å². The Bertz CT molecular complexity index is 1220. The number of hydrogen-bond acceptors (Lipinski definition) is 6. The Balaban J connectivity index is 1.41. The minimum atomic E-state index is -0.119. The van der Waals surface area contributed by atoms with Gasteiger partial charge in [0.2, 0.25) is 5.91 Å². The summed E-state index contributed by atoms with van der Waals surface area (Å²) in [6.45, 7) is 2.52. The Morgan fingerprint density at radius 1 is 0.784 bits per heavy atom. The van der Waals surface area contributed by atoms with Crippen molar-refractivity contribution >= 4 is 29.0 Å². The number of ether oxygens (including phenoxy) is 2. The van der Waals surface area contributed by atoms with E-state index in [1.165, 1.54) is 0 Å². The van der Waals surface area contributed by atoms with Gasteiger partial charge in [-0.3, -0.25) is 9.59 Å². The Morgan fingerprint density at radius 3 is 2.27 bits per heavy atom. The molecule has 0 bridgehead atoms. The van der Waals surface area contributed by atoms with Gasteiger partial charge in [-0.15, -0.1) is 0 Å². The molecule has 5 rings (SSSR count). The van der Waals surface area contributed by atoms with Crippen LogP contribution in [0.15, 0.2) is 66.9 Å². The van der Waals surface area contributed by atoms with E-state index in [1.54, 1.807) is 6.20 Å². The van der Waals surface area contributed by atoms with Crippen molar-refractivity contribution < 1.29 is 19.1 Å². The van der Waals surface area contributed by atoms with E-state index in [9.17, 15) is 9.59 Å². The van der Waals surface area contributed by atoms with Crippen molar-refractivity contribution in [1.29, 1.82) is 0 Å². The minimum absolute atomic E-state index is 0.0380.